The van der Waals surface area contributed by atoms with Crippen molar-refractivity contribution < 1.29 is 18.7 Å². The van der Waals surface area contributed by atoms with E-state index < -0.39 is 0 Å². The van der Waals surface area contributed by atoms with E-state index in [2.05, 4.69) is 40.7 Å². The largest absolute Gasteiger partial charge is 0.424 e. The Morgan fingerprint density at radius 2 is 1.89 bits per heavy atom. The Balaban J connectivity index is 1.22. The molecule has 4 aliphatic rings. The van der Waals surface area contributed by atoms with Crippen LogP contribution in [0.5, 0.6) is 0 Å². The Hall–Kier alpha value is -2.56. The number of methoxy groups -OCH3 is 1. The van der Waals surface area contributed by atoms with E-state index in [1.54, 1.807) is 7.11 Å². The third-order valence-electron chi connectivity index (χ3n) is 8.33. The minimum absolute atomic E-state index is 0.00497. The molecule has 4 fully saturated rings. The average Bonchev–Trinajstić information content (AvgIpc) is 3.61. The summed E-state index contributed by atoms with van der Waals surface area (Å²) in [6.45, 7) is 7.73. The molecule has 10 nitrogen and oxygen atoms in total. The molecule has 2 aromatic heterocycles. The fourth-order valence-corrected chi connectivity index (χ4v) is 5.72. The number of carbonyl (C=O) groups excluding carboxylic acids is 1. The van der Waals surface area contributed by atoms with E-state index in [9.17, 15) is 4.79 Å². The lowest BCUT2D eigenvalue weighted by molar-refractivity contribution is -0.00303. The third-order valence-corrected chi connectivity index (χ3v) is 8.33. The quantitative estimate of drug-likeness (QED) is 0.483. The van der Waals surface area contributed by atoms with Gasteiger partial charge in [-0.1, -0.05) is 13.8 Å². The summed E-state index contributed by atoms with van der Waals surface area (Å²) in [5.41, 5.74) is 2.60. The number of hydrogen-bond donors (Lipinski definition) is 2. The van der Waals surface area contributed by atoms with Gasteiger partial charge in [0.05, 0.1) is 36.8 Å². The molecular weight excluding hydrogens is 484 g/mol. The Kier molecular flexibility index (Phi) is 7.37. The van der Waals surface area contributed by atoms with E-state index in [1.807, 2.05) is 11.1 Å². The number of anilines is 1. The highest BCUT2D eigenvalue weighted by molar-refractivity contribution is 5.98. The maximum Gasteiger partial charge on any atom is 0.274 e. The highest BCUT2D eigenvalue weighted by Gasteiger charge is 2.37. The van der Waals surface area contributed by atoms with Crippen LogP contribution >= 0.6 is 0 Å². The van der Waals surface area contributed by atoms with E-state index in [4.69, 9.17) is 18.9 Å². The van der Waals surface area contributed by atoms with Crippen molar-refractivity contribution in [1.82, 2.24) is 25.4 Å². The number of rotatable bonds is 10. The van der Waals surface area contributed by atoms with Gasteiger partial charge in [-0.05, 0) is 55.6 Å². The molecule has 0 radical (unpaired) electrons. The molecule has 0 aromatic carbocycles. The Morgan fingerprint density at radius 3 is 2.55 bits per heavy atom. The number of nitrogens with one attached hydrogen (secondary N) is 2. The molecule has 38 heavy (non-hydrogen) atoms. The van der Waals surface area contributed by atoms with Crippen LogP contribution in [0.3, 0.4) is 0 Å². The van der Waals surface area contributed by atoms with E-state index in [0.717, 1.165) is 38.0 Å². The first-order chi connectivity index (χ1) is 18.5. The van der Waals surface area contributed by atoms with Crippen LogP contribution in [-0.4, -0.2) is 84.1 Å². The Morgan fingerprint density at radius 1 is 1.13 bits per heavy atom. The summed E-state index contributed by atoms with van der Waals surface area (Å²) in [4.78, 5) is 21.0. The highest BCUT2D eigenvalue weighted by atomic mass is 16.5. The van der Waals surface area contributed by atoms with Gasteiger partial charge in [0.25, 0.3) is 5.91 Å². The molecule has 2 saturated carbocycles. The first-order valence-electron chi connectivity index (χ1n) is 14.2. The molecule has 4 heterocycles. The van der Waals surface area contributed by atoms with Gasteiger partial charge in [0, 0.05) is 45.0 Å². The molecule has 2 atom stereocenters. The van der Waals surface area contributed by atoms with Gasteiger partial charge < -0.3 is 29.4 Å². The summed E-state index contributed by atoms with van der Waals surface area (Å²) < 4.78 is 16.8. The molecule has 10 heteroatoms. The standard InChI is InChI=1S/C28H40N6O4/c1-16(2)13-34(22-6-19(10-29-12-22)26-32-33-27(38-26)20-14-37-15-20)28(35)25-24(31-21-8-23(9-21)36-3)7-18(11-30-25)17-4-5-17/h7,11,16-17,19-23,29,31H,4-6,8-10,12-15H2,1-3H3/t19-,21?,22+,23?/m1/s1. The van der Waals surface area contributed by atoms with E-state index in [1.165, 1.54) is 18.4 Å². The van der Waals surface area contributed by atoms with Crippen LogP contribution < -0.4 is 10.6 Å². The number of amides is 1. The minimum Gasteiger partial charge on any atom is -0.424 e. The second-order valence-corrected chi connectivity index (χ2v) is 11.9. The zero-order chi connectivity index (χ0) is 26.2. The van der Waals surface area contributed by atoms with Crippen molar-refractivity contribution in [2.75, 3.05) is 45.3 Å². The van der Waals surface area contributed by atoms with Crippen LogP contribution in [0.2, 0.25) is 0 Å². The van der Waals surface area contributed by atoms with Crippen molar-refractivity contribution in [3.63, 3.8) is 0 Å². The van der Waals surface area contributed by atoms with Crippen LogP contribution in [0.4, 0.5) is 5.69 Å². The van der Waals surface area contributed by atoms with Crippen molar-refractivity contribution in [2.24, 2.45) is 5.92 Å². The molecule has 2 N–H and O–H groups in total. The van der Waals surface area contributed by atoms with Gasteiger partial charge in [-0.3, -0.25) is 4.79 Å². The second kappa shape index (κ2) is 10.9. The first kappa shape index (κ1) is 25.7. The summed E-state index contributed by atoms with van der Waals surface area (Å²) in [5.74, 6) is 2.44. The number of ether oxygens (including phenoxy) is 2. The van der Waals surface area contributed by atoms with Gasteiger partial charge in [0.15, 0.2) is 5.69 Å². The molecule has 2 aromatic rings. The molecular formula is C28H40N6O4. The number of piperidine rings is 1. The monoisotopic (exact) mass is 524 g/mol. The lowest BCUT2D eigenvalue weighted by Gasteiger charge is -2.39. The van der Waals surface area contributed by atoms with Crippen LogP contribution in [0.25, 0.3) is 0 Å². The zero-order valence-electron chi connectivity index (χ0n) is 22.7. The first-order valence-corrected chi connectivity index (χ1v) is 14.2. The molecule has 2 aliphatic carbocycles. The summed E-state index contributed by atoms with van der Waals surface area (Å²) in [5, 5.41) is 15.8. The maximum absolute atomic E-state index is 14.2. The van der Waals surface area contributed by atoms with Crippen molar-refractivity contribution in [2.45, 2.75) is 81.9 Å². The summed E-state index contributed by atoms with van der Waals surface area (Å²) in [7, 11) is 1.76. The lowest BCUT2D eigenvalue weighted by atomic mass is 9.89. The SMILES string of the molecule is COC1CC(Nc2cc(C3CC3)cnc2C(=O)N(CC(C)C)[C@@H]2CNC[C@H](c3nnc(C4COC4)o3)C2)C1. The van der Waals surface area contributed by atoms with Crippen molar-refractivity contribution in [3.05, 3.63) is 35.3 Å². The molecule has 1 amide bonds. The Bertz CT molecular complexity index is 1120. The van der Waals surface area contributed by atoms with Gasteiger partial charge in [0.2, 0.25) is 11.8 Å². The summed E-state index contributed by atoms with van der Waals surface area (Å²) >= 11 is 0. The van der Waals surface area contributed by atoms with Gasteiger partial charge in [-0.2, -0.15) is 0 Å². The summed E-state index contributed by atoms with van der Waals surface area (Å²) in [6.07, 6.45) is 7.26. The maximum atomic E-state index is 14.2. The van der Waals surface area contributed by atoms with Gasteiger partial charge in [-0.25, -0.2) is 4.98 Å². The van der Waals surface area contributed by atoms with Crippen molar-refractivity contribution in [3.8, 4) is 0 Å². The lowest BCUT2D eigenvalue weighted by Crippen LogP contribution is -2.52. The van der Waals surface area contributed by atoms with Crippen LogP contribution in [-0.2, 0) is 9.47 Å². The minimum atomic E-state index is -0.0172. The third kappa shape index (κ3) is 5.44. The van der Waals surface area contributed by atoms with Crippen molar-refractivity contribution >= 4 is 11.6 Å². The number of hydrogen-bond acceptors (Lipinski definition) is 9. The smallest absolute Gasteiger partial charge is 0.274 e. The molecule has 2 aliphatic heterocycles. The fourth-order valence-electron chi connectivity index (χ4n) is 5.72. The predicted molar refractivity (Wildman–Crippen MR) is 141 cm³/mol. The number of aromatic nitrogens is 3. The fraction of sp³-hybridized carbons (Fsp3) is 0.714. The average molecular weight is 525 g/mol. The normalized spacial score (nSPS) is 27.6. The van der Waals surface area contributed by atoms with Crippen LogP contribution in [0, 0.1) is 5.92 Å². The van der Waals surface area contributed by atoms with Gasteiger partial charge >= 0.3 is 0 Å². The van der Waals surface area contributed by atoms with E-state index in [0.29, 0.717) is 55.1 Å². The predicted octanol–water partition coefficient (Wildman–Crippen LogP) is 3.29. The molecule has 0 bridgehead atoms. The number of carbonyl (C=O) groups is 1. The number of nitrogens with zero attached hydrogens (tertiary/aromatic N) is 4. The second-order valence-electron chi connectivity index (χ2n) is 11.9. The topological polar surface area (TPSA) is 115 Å². The van der Waals surface area contributed by atoms with Gasteiger partial charge in [-0.15, -0.1) is 10.2 Å². The molecule has 0 spiro atoms. The van der Waals surface area contributed by atoms with E-state index >= 15 is 0 Å². The van der Waals surface area contributed by atoms with Crippen molar-refractivity contribution in [1.29, 1.82) is 0 Å². The zero-order valence-corrected chi connectivity index (χ0v) is 22.7. The van der Waals surface area contributed by atoms with Crippen LogP contribution in [0.15, 0.2) is 16.7 Å². The highest BCUT2D eigenvalue weighted by Crippen LogP contribution is 2.41. The van der Waals surface area contributed by atoms with Gasteiger partial charge in [0.1, 0.15) is 0 Å². The number of pyridine rings is 1. The molecule has 2 saturated heterocycles. The molecule has 6 rings (SSSR count). The Labute approximate surface area is 224 Å². The summed E-state index contributed by atoms with van der Waals surface area (Å²) in [6, 6.07) is 2.47. The molecule has 0 unspecified atom stereocenters. The molecule has 206 valence electrons. The van der Waals surface area contributed by atoms with Crippen LogP contribution in [0.1, 0.15) is 91.5 Å². The van der Waals surface area contributed by atoms with E-state index in [-0.39, 0.29) is 29.9 Å².